The lowest BCUT2D eigenvalue weighted by Gasteiger charge is -2.22. The zero-order valence-electron chi connectivity index (χ0n) is 12.9. The SMILES string of the molecule is Cc1cc(OCCN2CCC[C@H]2CO)ccc1C(C)C. The first kappa shape index (κ1) is 15.3. The maximum atomic E-state index is 9.29. The molecular weight excluding hydrogens is 250 g/mol. The number of ether oxygens (including phenoxy) is 1. The van der Waals surface area contributed by atoms with Gasteiger partial charge in [0, 0.05) is 12.6 Å². The number of rotatable bonds is 6. The van der Waals surface area contributed by atoms with E-state index in [1.165, 1.54) is 17.5 Å². The van der Waals surface area contributed by atoms with Crippen molar-refractivity contribution in [2.24, 2.45) is 0 Å². The second kappa shape index (κ2) is 7.09. The van der Waals surface area contributed by atoms with E-state index in [0.29, 0.717) is 18.6 Å². The van der Waals surface area contributed by atoms with Crippen LogP contribution in [0.15, 0.2) is 18.2 Å². The minimum Gasteiger partial charge on any atom is -0.492 e. The smallest absolute Gasteiger partial charge is 0.119 e. The van der Waals surface area contributed by atoms with E-state index >= 15 is 0 Å². The highest BCUT2D eigenvalue weighted by Crippen LogP contribution is 2.23. The van der Waals surface area contributed by atoms with Crippen molar-refractivity contribution < 1.29 is 9.84 Å². The van der Waals surface area contributed by atoms with E-state index in [2.05, 4.69) is 43.9 Å². The van der Waals surface area contributed by atoms with E-state index in [4.69, 9.17) is 4.74 Å². The van der Waals surface area contributed by atoms with Crippen LogP contribution in [0.2, 0.25) is 0 Å². The number of likely N-dealkylation sites (tertiary alicyclic amines) is 1. The number of aryl methyl sites for hydroxylation is 1. The molecule has 3 nitrogen and oxygen atoms in total. The van der Waals surface area contributed by atoms with Gasteiger partial charge in [-0.25, -0.2) is 0 Å². The Bertz CT molecular complexity index is 431. The summed E-state index contributed by atoms with van der Waals surface area (Å²) in [4.78, 5) is 2.33. The van der Waals surface area contributed by atoms with Crippen LogP contribution in [0.1, 0.15) is 43.7 Å². The highest BCUT2D eigenvalue weighted by Gasteiger charge is 2.23. The van der Waals surface area contributed by atoms with Gasteiger partial charge in [-0.1, -0.05) is 19.9 Å². The molecule has 1 heterocycles. The lowest BCUT2D eigenvalue weighted by Crippen LogP contribution is -2.35. The number of nitrogens with zero attached hydrogens (tertiary/aromatic N) is 1. The van der Waals surface area contributed by atoms with Gasteiger partial charge >= 0.3 is 0 Å². The third kappa shape index (κ3) is 3.74. The Hall–Kier alpha value is -1.06. The molecular formula is C17H27NO2. The van der Waals surface area contributed by atoms with E-state index in [0.717, 1.165) is 25.3 Å². The molecule has 1 N–H and O–H groups in total. The van der Waals surface area contributed by atoms with Gasteiger partial charge in [-0.05, 0) is 55.5 Å². The molecule has 1 aromatic rings. The van der Waals surface area contributed by atoms with Crippen LogP contribution in [0.4, 0.5) is 0 Å². The number of aliphatic hydroxyl groups excluding tert-OH is 1. The maximum Gasteiger partial charge on any atom is 0.119 e. The van der Waals surface area contributed by atoms with Crippen molar-refractivity contribution >= 4 is 0 Å². The molecule has 1 fully saturated rings. The van der Waals surface area contributed by atoms with Crippen molar-refractivity contribution in [2.75, 3.05) is 26.3 Å². The third-order valence-corrected chi connectivity index (χ3v) is 4.22. The molecule has 1 atom stereocenters. The second-order valence-corrected chi connectivity index (χ2v) is 6.04. The third-order valence-electron chi connectivity index (χ3n) is 4.22. The van der Waals surface area contributed by atoms with Crippen LogP contribution in [0.3, 0.4) is 0 Å². The van der Waals surface area contributed by atoms with Gasteiger partial charge in [0.25, 0.3) is 0 Å². The summed E-state index contributed by atoms with van der Waals surface area (Å²) < 4.78 is 5.85. The van der Waals surface area contributed by atoms with Gasteiger partial charge in [0.05, 0.1) is 6.61 Å². The van der Waals surface area contributed by atoms with Crippen LogP contribution in [0.5, 0.6) is 5.75 Å². The molecule has 0 aromatic heterocycles. The zero-order chi connectivity index (χ0) is 14.5. The first-order valence-electron chi connectivity index (χ1n) is 7.70. The second-order valence-electron chi connectivity index (χ2n) is 6.04. The summed E-state index contributed by atoms with van der Waals surface area (Å²) in [5.74, 6) is 1.51. The molecule has 0 saturated carbocycles. The number of hydrogen-bond donors (Lipinski definition) is 1. The highest BCUT2D eigenvalue weighted by atomic mass is 16.5. The van der Waals surface area contributed by atoms with Crippen LogP contribution in [0, 0.1) is 6.92 Å². The van der Waals surface area contributed by atoms with Crippen molar-refractivity contribution in [3.8, 4) is 5.75 Å². The van der Waals surface area contributed by atoms with E-state index in [1.54, 1.807) is 0 Å². The fourth-order valence-electron chi connectivity index (χ4n) is 3.06. The Balaban J connectivity index is 1.84. The monoisotopic (exact) mass is 277 g/mol. The first-order chi connectivity index (χ1) is 9.61. The summed E-state index contributed by atoms with van der Waals surface area (Å²) in [5, 5.41) is 9.29. The predicted molar refractivity (Wildman–Crippen MR) is 82.4 cm³/mol. The van der Waals surface area contributed by atoms with Crippen molar-refractivity contribution in [2.45, 2.75) is 45.6 Å². The molecule has 0 amide bonds. The summed E-state index contributed by atoms with van der Waals surface area (Å²) >= 11 is 0. The molecule has 1 saturated heterocycles. The Morgan fingerprint density at radius 2 is 2.20 bits per heavy atom. The maximum absolute atomic E-state index is 9.29. The molecule has 0 unspecified atom stereocenters. The van der Waals surface area contributed by atoms with Crippen LogP contribution < -0.4 is 4.74 Å². The minimum atomic E-state index is 0.266. The number of aliphatic hydroxyl groups is 1. The van der Waals surface area contributed by atoms with Gasteiger partial charge in [-0.3, -0.25) is 4.90 Å². The average Bonchev–Trinajstić information content (AvgIpc) is 2.86. The zero-order valence-corrected chi connectivity index (χ0v) is 12.9. The highest BCUT2D eigenvalue weighted by molar-refractivity contribution is 5.36. The Labute approximate surface area is 122 Å². The van der Waals surface area contributed by atoms with Gasteiger partial charge in [-0.15, -0.1) is 0 Å². The fraction of sp³-hybridized carbons (Fsp3) is 0.647. The normalized spacial score (nSPS) is 19.8. The lowest BCUT2D eigenvalue weighted by atomic mass is 9.98. The van der Waals surface area contributed by atoms with E-state index in [9.17, 15) is 5.11 Å². The first-order valence-corrected chi connectivity index (χ1v) is 7.70. The van der Waals surface area contributed by atoms with Crippen LogP contribution in [-0.4, -0.2) is 42.4 Å². The van der Waals surface area contributed by atoms with Gasteiger partial charge < -0.3 is 9.84 Å². The van der Waals surface area contributed by atoms with E-state index < -0.39 is 0 Å². The fourth-order valence-corrected chi connectivity index (χ4v) is 3.06. The standard InChI is InChI=1S/C17H27NO2/c1-13(2)17-7-6-16(11-14(17)3)20-10-9-18-8-4-5-15(18)12-19/h6-7,11,13,15,19H,4-5,8-10,12H2,1-3H3/t15-/m0/s1. The molecule has 20 heavy (non-hydrogen) atoms. The molecule has 1 aromatic carbocycles. The van der Waals surface area contributed by atoms with E-state index in [-0.39, 0.29) is 6.61 Å². The lowest BCUT2D eigenvalue weighted by molar-refractivity contribution is 0.139. The van der Waals surface area contributed by atoms with Gasteiger partial charge in [0.15, 0.2) is 0 Å². The summed E-state index contributed by atoms with van der Waals surface area (Å²) in [6.45, 7) is 9.51. The summed E-state index contributed by atoms with van der Waals surface area (Å²) in [5.41, 5.74) is 2.68. The van der Waals surface area contributed by atoms with Gasteiger partial charge in [0.2, 0.25) is 0 Å². The average molecular weight is 277 g/mol. The summed E-state index contributed by atoms with van der Waals surface area (Å²) in [6.07, 6.45) is 2.30. The molecule has 0 radical (unpaired) electrons. The topological polar surface area (TPSA) is 32.7 Å². The number of hydrogen-bond acceptors (Lipinski definition) is 3. The predicted octanol–water partition coefficient (Wildman–Crippen LogP) is 2.95. The van der Waals surface area contributed by atoms with Gasteiger partial charge in [0.1, 0.15) is 12.4 Å². The molecule has 3 heteroatoms. The van der Waals surface area contributed by atoms with Crippen LogP contribution in [-0.2, 0) is 0 Å². The molecule has 0 spiro atoms. The van der Waals surface area contributed by atoms with Crippen LogP contribution >= 0.6 is 0 Å². The molecule has 0 bridgehead atoms. The van der Waals surface area contributed by atoms with Crippen molar-refractivity contribution in [1.29, 1.82) is 0 Å². The van der Waals surface area contributed by atoms with Crippen molar-refractivity contribution in [3.05, 3.63) is 29.3 Å². The Morgan fingerprint density at radius 3 is 2.85 bits per heavy atom. The van der Waals surface area contributed by atoms with E-state index in [1.807, 2.05) is 0 Å². The van der Waals surface area contributed by atoms with Crippen LogP contribution in [0.25, 0.3) is 0 Å². The largest absolute Gasteiger partial charge is 0.492 e. The molecule has 1 aliphatic rings. The Kier molecular flexibility index (Phi) is 5.44. The molecule has 2 rings (SSSR count). The van der Waals surface area contributed by atoms with Crippen molar-refractivity contribution in [1.82, 2.24) is 4.90 Å². The summed E-state index contributed by atoms with van der Waals surface area (Å²) in [7, 11) is 0. The molecule has 1 aliphatic heterocycles. The Morgan fingerprint density at radius 1 is 1.40 bits per heavy atom. The minimum absolute atomic E-state index is 0.266. The molecule has 0 aliphatic carbocycles. The summed E-state index contributed by atoms with van der Waals surface area (Å²) in [6, 6.07) is 6.70. The quantitative estimate of drug-likeness (QED) is 0.867. The van der Waals surface area contributed by atoms with Gasteiger partial charge in [-0.2, -0.15) is 0 Å². The molecule has 112 valence electrons. The number of benzene rings is 1. The van der Waals surface area contributed by atoms with Crippen molar-refractivity contribution in [3.63, 3.8) is 0 Å².